The number of aliphatic hydroxyl groups is 1. The summed E-state index contributed by atoms with van der Waals surface area (Å²) in [6, 6.07) is 16.3. The van der Waals surface area contributed by atoms with E-state index in [1.54, 1.807) is 24.3 Å². The first kappa shape index (κ1) is 18.1. The van der Waals surface area contributed by atoms with Crippen molar-refractivity contribution in [1.29, 1.82) is 5.26 Å². The van der Waals surface area contributed by atoms with Gasteiger partial charge in [-0.3, -0.25) is 4.90 Å². The molecule has 1 fully saturated rings. The van der Waals surface area contributed by atoms with Crippen molar-refractivity contribution in [3.63, 3.8) is 0 Å². The largest absolute Gasteiger partial charge is 0.508 e. The maximum atomic E-state index is 10.2. The van der Waals surface area contributed by atoms with Gasteiger partial charge in [0.25, 0.3) is 0 Å². The lowest BCUT2D eigenvalue weighted by molar-refractivity contribution is 0.0663. The monoisotopic (exact) mass is 353 g/mol. The first-order chi connectivity index (χ1) is 12.6. The van der Waals surface area contributed by atoms with Gasteiger partial charge in [-0.15, -0.1) is 0 Å². The van der Waals surface area contributed by atoms with Crippen LogP contribution < -0.4 is 9.64 Å². The minimum Gasteiger partial charge on any atom is -0.508 e. The molecule has 0 bridgehead atoms. The number of hydrogen-bond donors (Lipinski definition) is 2. The molecule has 26 heavy (non-hydrogen) atoms. The summed E-state index contributed by atoms with van der Waals surface area (Å²) in [5.74, 6) is 0.825. The van der Waals surface area contributed by atoms with Crippen LogP contribution in [0.4, 0.5) is 5.69 Å². The van der Waals surface area contributed by atoms with E-state index in [4.69, 9.17) is 10.00 Å². The first-order valence-corrected chi connectivity index (χ1v) is 8.71. The zero-order chi connectivity index (χ0) is 18.4. The second-order valence-corrected chi connectivity index (χ2v) is 6.41. The number of nitrogens with zero attached hydrogens (tertiary/aromatic N) is 3. The predicted octanol–water partition coefficient (Wildman–Crippen LogP) is 1.83. The molecular weight excluding hydrogens is 330 g/mol. The van der Waals surface area contributed by atoms with E-state index >= 15 is 0 Å². The van der Waals surface area contributed by atoms with Gasteiger partial charge in [0.2, 0.25) is 0 Å². The fourth-order valence-corrected chi connectivity index (χ4v) is 3.02. The Bertz CT molecular complexity index is 732. The van der Waals surface area contributed by atoms with Crippen molar-refractivity contribution < 1.29 is 14.9 Å². The zero-order valence-corrected chi connectivity index (χ0v) is 14.6. The van der Waals surface area contributed by atoms with Crippen LogP contribution in [-0.4, -0.2) is 60.5 Å². The van der Waals surface area contributed by atoms with Crippen LogP contribution in [0.2, 0.25) is 0 Å². The van der Waals surface area contributed by atoms with Crippen molar-refractivity contribution in [1.82, 2.24) is 4.90 Å². The predicted molar refractivity (Wildman–Crippen MR) is 99.4 cm³/mol. The third-order valence-corrected chi connectivity index (χ3v) is 4.48. The average molecular weight is 353 g/mol. The van der Waals surface area contributed by atoms with E-state index in [1.807, 2.05) is 24.3 Å². The van der Waals surface area contributed by atoms with E-state index in [0.29, 0.717) is 17.9 Å². The molecule has 2 N–H and O–H groups in total. The first-order valence-electron chi connectivity index (χ1n) is 8.71. The van der Waals surface area contributed by atoms with E-state index in [1.165, 1.54) is 0 Å². The summed E-state index contributed by atoms with van der Waals surface area (Å²) in [6.07, 6.45) is -0.565. The Hall–Kier alpha value is -2.75. The molecule has 0 amide bonds. The highest BCUT2D eigenvalue weighted by Crippen LogP contribution is 2.18. The number of aromatic hydroxyl groups is 1. The van der Waals surface area contributed by atoms with Crippen LogP contribution in [0, 0.1) is 11.3 Å². The van der Waals surface area contributed by atoms with E-state index in [-0.39, 0.29) is 12.4 Å². The molecule has 1 heterocycles. The zero-order valence-electron chi connectivity index (χ0n) is 14.6. The molecule has 1 saturated heterocycles. The summed E-state index contributed by atoms with van der Waals surface area (Å²) >= 11 is 0. The van der Waals surface area contributed by atoms with Crippen molar-refractivity contribution in [2.24, 2.45) is 0 Å². The Morgan fingerprint density at radius 1 is 1.00 bits per heavy atom. The Balaban J connectivity index is 1.41. The standard InChI is InChI=1S/C20H23N3O3/c21-13-16-1-3-17(4-2-16)23-11-9-22(10-12-23)14-19(25)15-26-20-7-5-18(24)6-8-20/h1-8,19,24-25H,9-12,14-15H2. The molecule has 0 radical (unpaired) electrons. The molecule has 0 spiro atoms. The van der Waals surface area contributed by atoms with Crippen LogP contribution in [0.5, 0.6) is 11.5 Å². The minimum atomic E-state index is -0.565. The van der Waals surface area contributed by atoms with Gasteiger partial charge in [-0.1, -0.05) is 0 Å². The van der Waals surface area contributed by atoms with Crippen molar-refractivity contribution in [2.45, 2.75) is 6.10 Å². The van der Waals surface area contributed by atoms with Gasteiger partial charge in [0.15, 0.2) is 0 Å². The molecule has 0 aromatic heterocycles. The van der Waals surface area contributed by atoms with Crippen LogP contribution in [0.15, 0.2) is 48.5 Å². The SMILES string of the molecule is N#Cc1ccc(N2CCN(CC(O)COc3ccc(O)cc3)CC2)cc1. The lowest BCUT2D eigenvalue weighted by atomic mass is 10.2. The highest BCUT2D eigenvalue weighted by atomic mass is 16.5. The maximum Gasteiger partial charge on any atom is 0.119 e. The highest BCUT2D eigenvalue weighted by molar-refractivity contribution is 5.50. The summed E-state index contributed by atoms with van der Waals surface area (Å²) in [7, 11) is 0. The molecule has 3 rings (SSSR count). The number of nitriles is 1. The summed E-state index contributed by atoms with van der Waals surface area (Å²) in [6.45, 7) is 4.31. The van der Waals surface area contributed by atoms with Crippen LogP contribution in [0.3, 0.4) is 0 Å². The van der Waals surface area contributed by atoms with Crippen molar-refractivity contribution >= 4 is 5.69 Å². The molecule has 2 aromatic rings. The number of piperazine rings is 1. The van der Waals surface area contributed by atoms with E-state index in [0.717, 1.165) is 31.9 Å². The van der Waals surface area contributed by atoms with Crippen molar-refractivity contribution in [2.75, 3.05) is 44.2 Å². The fourth-order valence-electron chi connectivity index (χ4n) is 3.02. The van der Waals surface area contributed by atoms with Gasteiger partial charge in [-0.25, -0.2) is 0 Å². The van der Waals surface area contributed by atoms with Crippen LogP contribution in [0.25, 0.3) is 0 Å². The Morgan fingerprint density at radius 2 is 1.65 bits per heavy atom. The summed E-state index contributed by atoms with van der Waals surface area (Å²) < 4.78 is 5.55. The second kappa shape index (κ2) is 8.56. The second-order valence-electron chi connectivity index (χ2n) is 6.41. The van der Waals surface area contributed by atoms with Crippen molar-refractivity contribution in [3.8, 4) is 17.6 Å². The van der Waals surface area contributed by atoms with E-state index in [2.05, 4.69) is 15.9 Å². The Labute approximate surface area is 153 Å². The summed E-state index contributed by atoms with van der Waals surface area (Å²) in [4.78, 5) is 4.52. The van der Waals surface area contributed by atoms with Gasteiger partial charge in [0.1, 0.15) is 24.2 Å². The van der Waals surface area contributed by atoms with Crippen LogP contribution in [0.1, 0.15) is 5.56 Å². The minimum absolute atomic E-state index is 0.193. The summed E-state index contributed by atoms with van der Waals surface area (Å²) in [5, 5.41) is 28.3. The van der Waals surface area contributed by atoms with E-state index in [9.17, 15) is 10.2 Å². The Kier molecular flexibility index (Phi) is 5.95. The van der Waals surface area contributed by atoms with Gasteiger partial charge in [0, 0.05) is 38.4 Å². The molecule has 0 aliphatic carbocycles. The van der Waals surface area contributed by atoms with Crippen LogP contribution >= 0.6 is 0 Å². The highest BCUT2D eigenvalue weighted by Gasteiger charge is 2.19. The molecule has 6 heteroatoms. The van der Waals surface area contributed by atoms with Crippen molar-refractivity contribution in [3.05, 3.63) is 54.1 Å². The van der Waals surface area contributed by atoms with E-state index < -0.39 is 6.10 Å². The molecule has 1 atom stereocenters. The number of anilines is 1. The van der Waals surface area contributed by atoms with Crippen LogP contribution in [-0.2, 0) is 0 Å². The number of phenols is 1. The molecule has 1 unspecified atom stereocenters. The van der Waals surface area contributed by atoms with Gasteiger partial charge in [-0.05, 0) is 48.5 Å². The fraction of sp³-hybridized carbons (Fsp3) is 0.350. The lowest BCUT2D eigenvalue weighted by Gasteiger charge is -2.36. The molecule has 0 saturated carbocycles. The lowest BCUT2D eigenvalue weighted by Crippen LogP contribution is -2.49. The quantitative estimate of drug-likeness (QED) is 0.825. The number of phenolic OH excluding ortho intramolecular Hbond substituents is 1. The number of benzene rings is 2. The molecule has 2 aromatic carbocycles. The van der Waals surface area contributed by atoms with Gasteiger partial charge in [0.05, 0.1) is 11.6 Å². The number of hydrogen-bond acceptors (Lipinski definition) is 6. The third-order valence-electron chi connectivity index (χ3n) is 4.48. The molecular formula is C20H23N3O3. The number of ether oxygens (including phenoxy) is 1. The maximum absolute atomic E-state index is 10.2. The Morgan fingerprint density at radius 3 is 2.27 bits per heavy atom. The molecule has 1 aliphatic rings. The molecule has 136 valence electrons. The average Bonchev–Trinajstić information content (AvgIpc) is 2.68. The molecule has 1 aliphatic heterocycles. The van der Waals surface area contributed by atoms with Gasteiger partial charge >= 0.3 is 0 Å². The normalized spacial score (nSPS) is 16.1. The number of aliphatic hydroxyl groups excluding tert-OH is 1. The van der Waals surface area contributed by atoms with Gasteiger partial charge in [-0.2, -0.15) is 5.26 Å². The number of rotatable bonds is 6. The van der Waals surface area contributed by atoms with Gasteiger partial charge < -0.3 is 19.8 Å². The topological polar surface area (TPSA) is 80.0 Å². The molecule has 6 nitrogen and oxygen atoms in total. The third kappa shape index (κ3) is 4.88. The smallest absolute Gasteiger partial charge is 0.119 e. The number of β-amino-alcohol motifs (C(OH)–C–C–N with tert-alkyl or cyclic N) is 1. The summed E-state index contributed by atoms with van der Waals surface area (Å²) in [5.41, 5.74) is 1.80.